The van der Waals surface area contributed by atoms with Crippen molar-refractivity contribution in [3.05, 3.63) is 68.5 Å². The highest BCUT2D eigenvalue weighted by Gasteiger charge is 2.16. The first kappa shape index (κ1) is 14.9. The number of carbonyl (C=O) groups is 1. The molecule has 0 heterocycles. The number of nitro groups is 1. The van der Waals surface area contributed by atoms with Crippen LogP contribution in [0.25, 0.3) is 0 Å². The van der Waals surface area contributed by atoms with Crippen LogP contribution in [0.4, 0.5) is 15.8 Å². The highest BCUT2D eigenvalue weighted by molar-refractivity contribution is 6.33. The molecule has 0 aliphatic heterocycles. The Hall–Kier alpha value is -2.47. The minimum Gasteiger partial charge on any atom is -0.322 e. The van der Waals surface area contributed by atoms with Crippen molar-refractivity contribution < 1.29 is 14.1 Å². The molecular formula is C14H10ClFN2O3. The van der Waals surface area contributed by atoms with E-state index < -0.39 is 16.6 Å². The second-order valence-corrected chi connectivity index (χ2v) is 4.74. The molecule has 0 aromatic heterocycles. The van der Waals surface area contributed by atoms with Crippen molar-refractivity contribution in [3.8, 4) is 0 Å². The van der Waals surface area contributed by atoms with Gasteiger partial charge in [-0.25, -0.2) is 4.39 Å². The lowest BCUT2D eigenvalue weighted by molar-refractivity contribution is -0.384. The van der Waals surface area contributed by atoms with Crippen LogP contribution in [0.2, 0.25) is 5.02 Å². The lowest BCUT2D eigenvalue weighted by Crippen LogP contribution is -2.13. The standard InChI is InChI=1S/C14H10ClFN2O3/c1-8-6-13(18(20)21)11(15)7-12(8)17-14(19)9-2-4-10(16)5-3-9/h2-7H,1H3,(H,17,19). The Labute approximate surface area is 124 Å². The molecule has 0 bridgehead atoms. The first-order chi connectivity index (χ1) is 9.88. The number of halogens is 2. The smallest absolute Gasteiger partial charge is 0.288 e. The van der Waals surface area contributed by atoms with Crippen molar-refractivity contribution >= 4 is 28.9 Å². The van der Waals surface area contributed by atoms with Gasteiger partial charge in [0.2, 0.25) is 0 Å². The molecule has 1 N–H and O–H groups in total. The van der Waals surface area contributed by atoms with Gasteiger partial charge in [-0.2, -0.15) is 0 Å². The molecule has 0 saturated carbocycles. The summed E-state index contributed by atoms with van der Waals surface area (Å²) in [6, 6.07) is 7.62. The molecule has 0 unspecified atom stereocenters. The molecule has 0 aliphatic rings. The van der Waals surface area contributed by atoms with Crippen LogP contribution in [0.3, 0.4) is 0 Å². The van der Waals surface area contributed by atoms with E-state index in [1.165, 1.54) is 36.4 Å². The van der Waals surface area contributed by atoms with Crippen LogP contribution in [0.15, 0.2) is 36.4 Å². The normalized spacial score (nSPS) is 10.2. The lowest BCUT2D eigenvalue weighted by atomic mass is 10.1. The molecule has 0 spiro atoms. The van der Waals surface area contributed by atoms with E-state index in [1.807, 2.05) is 0 Å². The Morgan fingerprint density at radius 1 is 1.29 bits per heavy atom. The maximum Gasteiger partial charge on any atom is 0.288 e. The fourth-order valence-electron chi connectivity index (χ4n) is 1.74. The van der Waals surface area contributed by atoms with Gasteiger partial charge in [0.15, 0.2) is 0 Å². The molecule has 21 heavy (non-hydrogen) atoms. The van der Waals surface area contributed by atoms with Crippen LogP contribution in [0.1, 0.15) is 15.9 Å². The van der Waals surface area contributed by atoms with Crippen molar-refractivity contribution in [2.75, 3.05) is 5.32 Å². The highest BCUT2D eigenvalue weighted by Crippen LogP contribution is 2.30. The maximum absolute atomic E-state index is 12.8. The van der Waals surface area contributed by atoms with Crippen LogP contribution < -0.4 is 5.32 Å². The molecule has 0 atom stereocenters. The number of nitrogens with one attached hydrogen (secondary N) is 1. The predicted molar refractivity (Wildman–Crippen MR) is 77.2 cm³/mol. The first-order valence-electron chi connectivity index (χ1n) is 5.90. The lowest BCUT2D eigenvalue weighted by Gasteiger charge is -2.09. The molecule has 7 heteroatoms. The summed E-state index contributed by atoms with van der Waals surface area (Å²) in [4.78, 5) is 22.2. The number of amides is 1. The van der Waals surface area contributed by atoms with Gasteiger partial charge in [-0.3, -0.25) is 14.9 Å². The van der Waals surface area contributed by atoms with Crippen molar-refractivity contribution in [3.63, 3.8) is 0 Å². The number of hydrogen-bond acceptors (Lipinski definition) is 3. The van der Waals surface area contributed by atoms with Crippen LogP contribution >= 0.6 is 11.6 Å². The van der Waals surface area contributed by atoms with Crippen LogP contribution in [-0.4, -0.2) is 10.8 Å². The van der Waals surface area contributed by atoms with E-state index in [-0.39, 0.29) is 16.3 Å². The van der Waals surface area contributed by atoms with E-state index in [9.17, 15) is 19.3 Å². The zero-order valence-corrected chi connectivity index (χ0v) is 11.6. The molecular weight excluding hydrogens is 299 g/mol. The van der Waals surface area contributed by atoms with E-state index in [0.717, 1.165) is 0 Å². The minimum absolute atomic E-state index is 0.0694. The second kappa shape index (κ2) is 5.88. The van der Waals surface area contributed by atoms with Gasteiger partial charge in [-0.05, 0) is 42.8 Å². The van der Waals surface area contributed by atoms with E-state index >= 15 is 0 Å². The van der Waals surface area contributed by atoms with Gasteiger partial charge < -0.3 is 5.32 Å². The molecule has 0 fully saturated rings. The van der Waals surface area contributed by atoms with Crippen LogP contribution in [0, 0.1) is 22.9 Å². The number of aryl methyl sites for hydroxylation is 1. The number of nitrogens with zero attached hydrogens (tertiary/aromatic N) is 1. The molecule has 108 valence electrons. The number of carbonyl (C=O) groups excluding carboxylic acids is 1. The molecule has 0 radical (unpaired) electrons. The van der Waals surface area contributed by atoms with E-state index in [2.05, 4.69) is 5.32 Å². The summed E-state index contributed by atoms with van der Waals surface area (Å²) in [7, 11) is 0. The average Bonchev–Trinajstić information content (AvgIpc) is 2.42. The largest absolute Gasteiger partial charge is 0.322 e. The molecule has 0 aliphatic carbocycles. The number of rotatable bonds is 3. The summed E-state index contributed by atoms with van der Waals surface area (Å²) in [6.45, 7) is 1.61. The van der Waals surface area contributed by atoms with Gasteiger partial charge in [-0.15, -0.1) is 0 Å². The summed E-state index contributed by atoms with van der Waals surface area (Å²) < 4.78 is 12.8. The van der Waals surface area contributed by atoms with Crippen LogP contribution in [-0.2, 0) is 0 Å². The Balaban J connectivity index is 2.27. The second-order valence-electron chi connectivity index (χ2n) is 4.34. The first-order valence-corrected chi connectivity index (χ1v) is 6.27. The SMILES string of the molecule is Cc1cc([N+](=O)[O-])c(Cl)cc1NC(=O)c1ccc(F)cc1. The van der Waals surface area contributed by atoms with Crippen molar-refractivity contribution in [1.29, 1.82) is 0 Å². The quantitative estimate of drug-likeness (QED) is 0.689. The molecule has 2 aromatic rings. The highest BCUT2D eigenvalue weighted by atomic mass is 35.5. The van der Waals surface area contributed by atoms with E-state index in [1.54, 1.807) is 6.92 Å². The molecule has 1 amide bonds. The zero-order valence-electron chi connectivity index (χ0n) is 10.9. The average molecular weight is 309 g/mol. The monoisotopic (exact) mass is 308 g/mol. The van der Waals surface area contributed by atoms with Crippen molar-refractivity contribution in [2.24, 2.45) is 0 Å². The summed E-state index contributed by atoms with van der Waals surface area (Å²) in [5.74, 6) is -0.899. The Morgan fingerprint density at radius 2 is 1.90 bits per heavy atom. The fraction of sp³-hybridized carbons (Fsp3) is 0.0714. The summed E-state index contributed by atoms with van der Waals surface area (Å²) in [6.07, 6.45) is 0. The number of nitro benzene ring substituents is 1. The maximum atomic E-state index is 12.8. The van der Waals surface area contributed by atoms with E-state index in [0.29, 0.717) is 11.3 Å². The number of hydrogen-bond donors (Lipinski definition) is 1. The Kier molecular flexibility index (Phi) is 4.18. The van der Waals surface area contributed by atoms with Gasteiger partial charge >= 0.3 is 0 Å². The van der Waals surface area contributed by atoms with Gasteiger partial charge in [-0.1, -0.05) is 11.6 Å². The fourth-order valence-corrected chi connectivity index (χ4v) is 1.97. The predicted octanol–water partition coefficient (Wildman–Crippen LogP) is 3.95. The van der Waals surface area contributed by atoms with Crippen LogP contribution in [0.5, 0.6) is 0 Å². The summed E-state index contributed by atoms with van der Waals surface area (Å²) in [5, 5.41) is 13.3. The molecule has 5 nitrogen and oxygen atoms in total. The van der Waals surface area contributed by atoms with Gasteiger partial charge in [0, 0.05) is 17.3 Å². The number of anilines is 1. The van der Waals surface area contributed by atoms with Gasteiger partial charge in [0.1, 0.15) is 10.8 Å². The van der Waals surface area contributed by atoms with Gasteiger partial charge in [0.25, 0.3) is 11.6 Å². The minimum atomic E-state index is -0.596. The molecule has 2 aromatic carbocycles. The van der Waals surface area contributed by atoms with E-state index in [4.69, 9.17) is 11.6 Å². The third kappa shape index (κ3) is 3.35. The van der Waals surface area contributed by atoms with Gasteiger partial charge in [0.05, 0.1) is 4.92 Å². The van der Waals surface area contributed by atoms with Crippen molar-refractivity contribution in [2.45, 2.75) is 6.92 Å². The zero-order chi connectivity index (χ0) is 15.6. The topological polar surface area (TPSA) is 72.2 Å². The Bertz CT molecular complexity index is 717. The summed E-state index contributed by atoms with van der Waals surface area (Å²) in [5.41, 5.74) is 0.903. The molecule has 2 rings (SSSR count). The Morgan fingerprint density at radius 3 is 2.48 bits per heavy atom. The molecule has 0 saturated heterocycles. The summed E-state index contributed by atoms with van der Waals surface area (Å²) >= 11 is 5.80. The van der Waals surface area contributed by atoms with Crippen molar-refractivity contribution in [1.82, 2.24) is 0 Å². The number of benzene rings is 2. The third-order valence-electron chi connectivity index (χ3n) is 2.85. The third-order valence-corrected chi connectivity index (χ3v) is 3.15.